The topological polar surface area (TPSA) is 15.3 Å². The van der Waals surface area contributed by atoms with Crippen LogP contribution in [0.1, 0.15) is 24.1 Å². The lowest BCUT2D eigenvalue weighted by Gasteiger charge is -2.21. The molecule has 2 aromatic carbocycles. The predicted octanol–water partition coefficient (Wildman–Crippen LogP) is 3.94. The molecule has 1 atom stereocenters. The molecule has 3 rings (SSSR count). The van der Waals surface area contributed by atoms with Gasteiger partial charge in [-0.15, -0.1) is 0 Å². The summed E-state index contributed by atoms with van der Waals surface area (Å²) in [5, 5.41) is 3.09. The minimum absolute atomic E-state index is 0.0943. The third kappa shape index (κ3) is 2.51. The molecule has 1 aliphatic heterocycles. The van der Waals surface area contributed by atoms with Gasteiger partial charge in [-0.25, -0.2) is 8.78 Å². The average Bonchev–Trinajstić information content (AvgIpc) is 2.89. The van der Waals surface area contributed by atoms with Gasteiger partial charge in [-0.1, -0.05) is 12.1 Å². The fraction of sp³-hybridized carbons (Fsp3) is 0.294. The van der Waals surface area contributed by atoms with Crippen LogP contribution >= 0.6 is 0 Å². The van der Waals surface area contributed by atoms with E-state index in [2.05, 4.69) is 5.32 Å². The maximum Gasteiger partial charge on any atom is 0.147 e. The van der Waals surface area contributed by atoms with Crippen molar-refractivity contribution in [1.29, 1.82) is 0 Å². The van der Waals surface area contributed by atoms with Gasteiger partial charge in [-0.2, -0.15) is 0 Å². The van der Waals surface area contributed by atoms with E-state index in [-0.39, 0.29) is 17.7 Å². The Kier molecular flexibility index (Phi) is 3.64. The van der Waals surface area contributed by atoms with Gasteiger partial charge in [0, 0.05) is 18.3 Å². The summed E-state index contributed by atoms with van der Waals surface area (Å²) in [5.74, 6) is -0.562. The Morgan fingerprint density at radius 2 is 1.90 bits per heavy atom. The molecule has 1 N–H and O–H groups in total. The van der Waals surface area contributed by atoms with Gasteiger partial charge in [-0.3, -0.25) is 0 Å². The molecule has 0 amide bonds. The number of nitrogens with one attached hydrogen (secondary N) is 1. The van der Waals surface area contributed by atoms with Gasteiger partial charge >= 0.3 is 0 Å². The van der Waals surface area contributed by atoms with E-state index in [0.717, 1.165) is 23.2 Å². The minimum Gasteiger partial charge on any atom is -0.338 e. The van der Waals surface area contributed by atoms with Crippen LogP contribution in [0.3, 0.4) is 0 Å². The summed E-state index contributed by atoms with van der Waals surface area (Å²) in [5.41, 5.74) is 3.23. The zero-order valence-corrected chi connectivity index (χ0v) is 12.2. The maximum atomic E-state index is 14.4. The Bertz CT molecular complexity index is 670. The van der Waals surface area contributed by atoms with E-state index < -0.39 is 0 Å². The quantitative estimate of drug-likeness (QED) is 0.920. The third-order valence-electron chi connectivity index (χ3n) is 4.14. The fourth-order valence-electron chi connectivity index (χ4n) is 2.78. The van der Waals surface area contributed by atoms with E-state index in [1.807, 2.05) is 24.9 Å². The summed E-state index contributed by atoms with van der Waals surface area (Å²) in [6.45, 7) is 2.66. The van der Waals surface area contributed by atoms with Crippen molar-refractivity contribution in [2.75, 3.05) is 18.5 Å². The first-order chi connectivity index (χ1) is 10.1. The van der Waals surface area contributed by atoms with Crippen LogP contribution in [0.2, 0.25) is 0 Å². The Labute approximate surface area is 123 Å². The molecule has 0 saturated carbocycles. The molecular weight excluding hydrogens is 270 g/mol. The molecule has 21 heavy (non-hydrogen) atoms. The van der Waals surface area contributed by atoms with E-state index in [1.165, 1.54) is 12.1 Å². The Balaban J connectivity index is 1.98. The molecule has 1 heterocycles. The van der Waals surface area contributed by atoms with E-state index in [4.69, 9.17) is 0 Å². The first-order valence-corrected chi connectivity index (χ1v) is 7.13. The van der Waals surface area contributed by atoms with Gasteiger partial charge in [-0.05, 0) is 55.8 Å². The highest BCUT2D eigenvalue weighted by molar-refractivity contribution is 5.70. The van der Waals surface area contributed by atoms with Crippen LogP contribution in [0.4, 0.5) is 20.2 Å². The number of hydrogen-bond acceptors (Lipinski definition) is 2. The molecule has 110 valence electrons. The first kappa shape index (κ1) is 14.0. The average molecular weight is 288 g/mol. The SMILES string of the molecule is CNC(C)c1ccc(N2CCc3ccc(F)cc32)c(F)c1. The Morgan fingerprint density at radius 1 is 1.10 bits per heavy atom. The van der Waals surface area contributed by atoms with Crippen LogP contribution in [-0.4, -0.2) is 13.6 Å². The highest BCUT2D eigenvalue weighted by atomic mass is 19.1. The summed E-state index contributed by atoms with van der Waals surface area (Å²) < 4.78 is 27.9. The normalized spacial score (nSPS) is 15.1. The molecular formula is C17H18F2N2. The van der Waals surface area contributed by atoms with Gasteiger partial charge in [0.15, 0.2) is 0 Å². The molecule has 0 spiro atoms. The smallest absolute Gasteiger partial charge is 0.147 e. The van der Waals surface area contributed by atoms with E-state index in [1.54, 1.807) is 18.2 Å². The summed E-state index contributed by atoms with van der Waals surface area (Å²) >= 11 is 0. The van der Waals surface area contributed by atoms with Crippen molar-refractivity contribution in [3.8, 4) is 0 Å². The first-order valence-electron chi connectivity index (χ1n) is 7.13. The summed E-state index contributed by atoms with van der Waals surface area (Å²) in [7, 11) is 1.84. The second-order valence-electron chi connectivity index (χ2n) is 5.40. The molecule has 2 aromatic rings. The van der Waals surface area contributed by atoms with E-state index >= 15 is 0 Å². The third-order valence-corrected chi connectivity index (χ3v) is 4.14. The Morgan fingerprint density at radius 3 is 2.62 bits per heavy atom. The number of fused-ring (bicyclic) bond motifs is 1. The van der Waals surface area contributed by atoms with Gasteiger partial charge in [0.25, 0.3) is 0 Å². The van der Waals surface area contributed by atoms with Crippen LogP contribution in [0.25, 0.3) is 0 Å². The summed E-state index contributed by atoms with van der Waals surface area (Å²) in [6.07, 6.45) is 0.809. The molecule has 4 heteroatoms. The summed E-state index contributed by atoms with van der Waals surface area (Å²) in [4.78, 5) is 1.85. The van der Waals surface area contributed by atoms with Crippen molar-refractivity contribution in [3.63, 3.8) is 0 Å². The largest absolute Gasteiger partial charge is 0.338 e. The molecule has 2 nitrogen and oxygen atoms in total. The van der Waals surface area contributed by atoms with E-state index in [9.17, 15) is 8.78 Å². The minimum atomic E-state index is -0.290. The van der Waals surface area contributed by atoms with Crippen molar-refractivity contribution in [3.05, 3.63) is 59.2 Å². The van der Waals surface area contributed by atoms with Gasteiger partial charge in [0.05, 0.1) is 5.69 Å². The zero-order chi connectivity index (χ0) is 15.0. The molecule has 0 fully saturated rings. The second-order valence-corrected chi connectivity index (χ2v) is 5.40. The zero-order valence-electron chi connectivity index (χ0n) is 12.2. The van der Waals surface area contributed by atoms with E-state index in [0.29, 0.717) is 12.2 Å². The highest BCUT2D eigenvalue weighted by Gasteiger charge is 2.23. The Hall–Kier alpha value is -1.94. The van der Waals surface area contributed by atoms with Crippen LogP contribution < -0.4 is 10.2 Å². The number of nitrogens with zero attached hydrogens (tertiary/aromatic N) is 1. The highest BCUT2D eigenvalue weighted by Crippen LogP contribution is 2.36. The number of anilines is 2. The molecule has 0 saturated heterocycles. The van der Waals surface area contributed by atoms with Crippen molar-refractivity contribution in [2.45, 2.75) is 19.4 Å². The molecule has 0 aromatic heterocycles. The van der Waals surface area contributed by atoms with Crippen LogP contribution in [-0.2, 0) is 6.42 Å². The lowest BCUT2D eigenvalue weighted by atomic mass is 10.1. The van der Waals surface area contributed by atoms with Gasteiger partial charge in [0.2, 0.25) is 0 Å². The second kappa shape index (κ2) is 5.45. The van der Waals surface area contributed by atoms with Crippen molar-refractivity contribution in [2.24, 2.45) is 0 Å². The molecule has 1 aliphatic rings. The number of halogens is 2. The van der Waals surface area contributed by atoms with Crippen LogP contribution in [0.5, 0.6) is 0 Å². The molecule has 0 bridgehead atoms. The van der Waals surface area contributed by atoms with Crippen molar-refractivity contribution >= 4 is 11.4 Å². The van der Waals surface area contributed by atoms with Crippen molar-refractivity contribution < 1.29 is 8.78 Å². The van der Waals surface area contributed by atoms with Gasteiger partial charge < -0.3 is 10.2 Å². The van der Waals surface area contributed by atoms with Crippen molar-refractivity contribution in [1.82, 2.24) is 5.32 Å². The number of benzene rings is 2. The fourth-order valence-corrected chi connectivity index (χ4v) is 2.78. The monoisotopic (exact) mass is 288 g/mol. The molecule has 1 unspecified atom stereocenters. The number of rotatable bonds is 3. The van der Waals surface area contributed by atoms with Gasteiger partial charge in [0.1, 0.15) is 11.6 Å². The maximum absolute atomic E-state index is 14.4. The van der Waals surface area contributed by atoms with Crippen LogP contribution in [0, 0.1) is 11.6 Å². The predicted molar refractivity (Wildman–Crippen MR) is 81.0 cm³/mol. The lowest BCUT2D eigenvalue weighted by Crippen LogP contribution is -2.16. The molecule has 0 radical (unpaired) electrons. The summed E-state index contributed by atoms with van der Waals surface area (Å²) in [6, 6.07) is 10.0. The standard InChI is InChI=1S/C17H18F2N2/c1-11(20-2)13-4-6-16(15(19)9-13)21-8-7-12-3-5-14(18)10-17(12)21/h3-6,9-11,20H,7-8H2,1-2H3. The number of hydrogen-bond donors (Lipinski definition) is 1. The van der Waals surface area contributed by atoms with Crippen LogP contribution in [0.15, 0.2) is 36.4 Å². The molecule has 0 aliphatic carbocycles. The lowest BCUT2D eigenvalue weighted by molar-refractivity contribution is 0.607.